The van der Waals surface area contributed by atoms with Crippen LogP contribution in [-0.2, 0) is 16.9 Å². The molecule has 0 radical (unpaired) electrons. The molecule has 0 aromatic carbocycles. The van der Waals surface area contributed by atoms with Crippen LogP contribution in [-0.4, -0.2) is 17.7 Å². The molecule has 4 N–H and O–H groups in total. The van der Waals surface area contributed by atoms with Crippen LogP contribution < -0.4 is 11.1 Å². The lowest BCUT2D eigenvalue weighted by Crippen LogP contribution is -2.43. The van der Waals surface area contributed by atoms with Crippen LogP contribution in [0, 0.1) is 0 Å². The topological polar surface area (TPSA) is 91.0 Å². The molecule has 1 aromatic rings. The number of carbonyl (C=O) groups is 1. The number of thioether (sulfide) groups is 1. The van der Waals surface area contributed by atoms with Crippen molar-refractivity contribution in [3.63, 3.8) is 0 Å². The van der Waals surface area contributed by atoms with Crippen molar-refractivity contribution >= 4 is 22.9 Å². The minimum absolute atomic E-state index is 0.231. The van der Waals surface area contributed by atoms with Crippen LogP contribution in [0.1, 0.15) is 35.7 Å². The lowest BCUT2D eigenvalue weighted by atomic mass is 10.2. The second kappa shape index (κ2) is 6.34. The Morgan fingerprint density at radius 2 is 2.29 bits per heavy atom. The lowest BCUT2D eigenvalue weighted by Gasteiger charge is -1.96. The highest BCUT2D eigenvalue weighted by molar-refractivity contribution is 8.12. The number of hydrogen-bond acceptors (Lipinski definition) is 4. The summed E-state index contributed by atoms with van der Waals surface area (Å²) in [4.78, 5) is 11.5. The minimum Gasteiger partial charge on any atom is -0.460 e. The summed E-state index contributed by atoms with van der Waals surface area (Å²) in [7, 11) is 0. The van der Waals surface area contributed by atoms with Crippen LogP contribution in [0.25, 0.3) is 0 Å². The van der Waals surface area contributed by atoms with Crippen molar-refractivity contribution < 1.29 is 19.4 Å². The van der Waals surface area contributed by atoms with E-state index in [2.05, 4.69) is 0 Å². The standard InChI is InChI=1S/C11H16N2O3S/c1-3-8-7(6-17-11(12)13)5-9(16-8)10(14)15-4-2/h5H,3-4,6H2,1-2H3,(H3,12,13)/p+1. The molecular formula is C11H17N2O3S+. The molecule has 17 heavy (non-hydrogen) atoms. The Morgan fingerprint density at radius 1 is 1.59 bits per heavy atom. The van der Waals surface area contributed by atoms with Gasteiger partial charge in [0.05, 0.1) is 6.61 Å². The zero-order chi connectivity index (χ0) is 12.8. The maximum Gasteiger partial charge on any atom is 0.374 e. The third-order valence-corrected chi connectivity index (χ3v) is 2.88. The third kappa shape index (κ3) is 3.81. The smallest absolute Gasteiger partial charge is 0.374 e. The Kier molecular flexibility index (Phi) is 5.09. The first kappa shape index (κ1) is 13.6. The molecule has 1 aromatic heterocycles. The van der Waals surface area contributed by atoms with Gasteiger partial charge in [0.2, 0.25) is 5.76 Å². The number of amidine groups is 1. The van der Waals surface area contributed by atoms with E-state index in [1.165, 1.54) is 11.8 Å². The summed E-state index contributed by atoms with van der Waals surface area (Å²) in [5, 5.41) is 5.68. The first-order valence-electron chi connectivity index (χ1n) is 5.37. The Balaban J connectivity index is 2.82. The van der Waals surface area contributed by atoms with Gasteiger partial charge in [-0.1, -0.05) is 6.92 Å². The fourth-order valence-electron chi connectivity index (χ4n) is 1.35. The molecule has 1 rings (SSSR count). The van der Waals surface area contributed by atoms with Gasteiger partial charge < -0.3 is 9.15 Å². The summed E-state index contributed by atoms with van der Waals surface area (Å²) in [6, 6.07) is 1.69. The summed E-state index contributed by atoms with van der Waals surface area (Å²) in [6.07, 6.45) is 0.708. The van der Waals surface area contributed by atoms with Crippen LogP contribution >= 0.6 is 11.8 Å². The van der Waals surface area contributed by atoms with Crippen molar-refractivity contribution in [3.05, 3.63) is 23.2 Å². The maximum atomic E-state index is 11.5. The Bertz CT molecular complexity index is 415. The molecular weight excluding hydrogens is 240 g/mol. The monoisotopic (exact) mass is 257 g/mol. The lowest BCUT2D eigenvalue weighted by molar-refractivity contribution is -0.110. The number of aryl methyl sites for hydroxylation is 1. The van der Waals surface area contributed by atoms with Crippen LogP contribution in [0.3, 0.4) is 0 Å². The summed E-state index contributed by atoms with van der Waals surface area (Å²) in [6.45, 7) is 4.04. The summed E-state index contributed by atoms with van der Waals surface area (Å²) < 4.78 is 10.3. The fourth-order valence-corrected chi connectivity index (χ4v) is 1.92. The first-order chi connectivity index (χ1) is 8.08. The molecule has 0 unspecified atom stereocenters. The summed E-state index contributed by atoms with van der Waals surface area (Å²) in [5.41, 5.74) is 6.31. The van der Waals surface area contributed by atoms with Gasteiger partial charge in [0, 0.05) is 17.7 Å². The zero-order valence-corrected chi connectivity index (χ0v) is 10.8. The molecule has 0 fully saturated rings. The van der Waals surface area contributed by atoms with Crippen LogP contribution in [0.2, 0.25) is 0 Å². The molecule has 94 valence electrons. The highest BCUT2D eigenvalue weighted by atomic mass is 32.2. The van der Waals surface area contributed by atoms with Gasteiger partial charge in [-0.15, -0.1) is 0 Å². The molecule has 0 aliphatic carbocycles. The summed E-state index contributed by atoms with van der Waals surface area (Å²) in [5.74, 6) is 1.15. The van der Waals surface area contributed by atoms with Crippen LogP contribution in [0.4, 0.5) is 0 Å². The predicted octanol–water partition coefficient (Wildman–Crippen LogP) is 0.326. The largest absolute Gasteiger partial charge is 0.460 e. The van der Waals surface area contributed by atoms with Crippen LogP contribution in [0.5, 0.6) is 0 Å². The highest BCUT2D eigenvalue weighted by Gasteiger charge is 2.17. The number of rotatable bonds is 5. The van der Waals surface area contributed by atoms with E-state index in [0.717, 1.165) is 11.3 Å². The first-order valence-corrected chi connectivity index (χ1v) is 6.36. The van der Waals surface area contributed by atoms with Gasteiger partial charge >= 0.3 is 5.97 Å². The second-order valence-electron chi connectivity index (χ2n) is 3.32. The zero-order valence-electron chi connectivity index (χ0n) is 9.99. The van der Waals surface area contributed by atoms with Crippen molar-refractivity contribution in [2.24, 2.45) is 5.73 Å². The maximum absolute atomic E-state index is 11.5. The van der Waals surface area contributed by atoms with Gasteiger partial charge in [-0.2, -0.15) is 0 Å². The SMILES string of the molecule is CCOC(=O)c1cc(CSC(N)=[NH2+])c(CC)o1. The summed E-state index contributed by atoms with van der Waals surface area (Å²) >= 11 is 1.31. The molecule has 0 atom stereocenters. The Labute approximate surface area is 104 Å². The van der Waals surface area contributed by atoms with E-state index in [1.807, 2.05) is 6.92 Å². The molecule has 0 aliphatic heterocycles. The average Bonchev–Trinajstić information content (AvgIpc) is 2.69. The number of hydrogen-bond donors (Lipinski definition) is 2. The van der Waals surface area contributed by atoms with Gasteiger partial charge in [0.25, 0.3) is 5.17 Å². The molecule has 0 saturated carbocycles. The fraction of sp³-hybridized carbons (Fsp3) is 0.455. The van der Waals surface area contributed by atoms with Gasteiger partial charge in [0.15, 0.2) is 0 Å². The predicted molar refractivity (Wildman–Crippen MR) is 66.5 cm³/mol. The number of ether oxygens (including phenoxy) is 1. The normalized spacial score (nSPS) is 10.2. The van der Waals surface area contributed by atoms with Crippen molar-refractivity contribution in [2.45, 2.75) is 26.0 Å². The molecule has 1 heterocycles. The van der Waals surface area contributed by atoms with Crippen molar-refractivity contribution in [1.29, 1.82) is 0 Å². The molecule has 6 heteroatoms. The number of furan rings is 1. The molecule has 0 bridgehead atoms. The van der Waals surface area contributed by atoms with Gasteiger partial charge in [0.1, 0.15) is 5.76 Å². The third-order valence-electron chi connectivity index (χ3n) is 2.09. The molecule has 0 aliphatic rings. The van der Waals surface area contributed by atoms with E-state index in [4.69, 9.17) is 20.3 Å². The number of nitrogens with two attached hydrogens (primary N) is 2. The number of esters is 1. The highest BCUT2D eigenvalue weighted by Crippen LogP contribution is 2.21. The van der Waals surface area contributed by atoms with E-state index in [0.29, 0.717) is 23.9 Å². The minimum atomic E-state index is -0.442. The molecule has 0 saturated heterocycles. The Morgan fingerprint density at radius 3 is 2.82 bits per heavy atom. The van der Waals surface area contributed by atoms with Crippen molar-refractivity contribution in [1.82, 2.24) is 0 Å². The van der Waals surface area contributed by atoms with E-state index >= 15 is 0 Å². The Hall–Kier alpha value is -1.43. The van der Waals surface area contributed by atoms with Gasteiger partial charge in [-0.05, 0) is 24.8 Å². The molecule has 0 spiro atoms. The quantitative estimate of drug-likeness (QED) is 0.450. The van der Waals surface area contributed by atoms with Crippen molar-refractivity contribution in [3.8, 4) is 0 Å². The number of carbonyl (C=O) groups excluding carboxylic acids is 1. The van der Waals surface area contributed by atoms with E-state index in [1.54, 1.807) is 13.0 Å². The molecule has 5 nitrogen and oxygen atoms in total. The van der Waals surface area contributed by atoms with Gasteiger partial charge in [-0.25, -0.2) is 4.79 Å². The van der Waals surface area contributed by atoms with E-state index in [-0.39, 0.29) is 5.76 Å². The molecule has 0 amide bonds. The second-order valence-corrected chi connectivity index (χ2v) is 4.37. The van der Waals surface area contributed by atoms with E-state index < -0.39 is 5.97 Å². The van der Waals surface area contributed by atoms with Crippen molar-refractivity contribution in [2.75, 3.05) is 6.61 Å². The van der Waals surface area contributed by atoms with Gasteiger partial charge in [-0.3, -0.25) is 11.1 Å². The average molecular weight is 257 g/mol. The van der Waals surface area contributed by atoms with E-state index in [9.17, 15) is 4.79 Å². The van der Waals surface area contributed by atoms with Crippen LogP contribution in [0.15, 0.2) is 10.5 Å².